The second-order valence-corrected chi connectivity index (χ2v) is 1.79. The van der Waals surface area contributed by atoms with Gasteiger partial charge in [0.05, 0.1) is 0 Å². The average Bonchev–Trinajstić information content (AvgIpc) is 1.77. The Morgan fingerprint density at radius 2 is 2.00 bits per heavy atom. The fourth-order valence-electron chi connectivity index (χ4n) is 0.387. The van der Waals surface area contributed by atoms with Crippen LogP contribution in [-0.2, 0) is 0 Å². The summed E-state index contributed by atoms with van der Waals surface area (Å²) in [6.45, 7) is 0. The Balaban J connectivity index is 0. The third-order valence-corrected chi connectivity index (χ3v) is 0.972. The van der Waals surface area contributed by atoms with Gasteiger partial charge in [0.15, 0.2) is 0 Å². The summed E-state index contributed by atoms with van der Waals surface area (Å²) in [6, 6.07) is 6.43. The van der Waals surface area contributed by atoms with Crippen molar-refractivity contribution in [3.63, 3.8) is 0 Å². The Morgan fingerprint density at radius 3 is 2.30 bits per heavy atom. The van der Waals surface area contributed by atoms with Crippen molar-refractivity contribution >= 4 is 34.7 Å². The maximum absolute atomic E-state index is 12.0. The van der Waals surface area contributed by atoms with Crippen molar-refractivity contribution < 1.29 is 21.4 Å². The SMILES string of the molecule is Fc1[c-]cc(Cl)cc1.[Br-].[Mg+2]. The Bertz CT molecular complexity index is 157. The molecule has 0 atom stereocenters. The van der Waals surface area contributed by atoms with E-state index in [9.17, 15) is 4.39 Å². The van der Waals surface area contributed by atoms with E-state index in [2.05, 4.69) is 6.07 Å². The molecule has 1 aromatic rings. The van der Waals surface area contributed by atoms with E-state index in [-0.39, 0.29) is 45.9 Å². The zero-order valence-electron chi connectivity index (χ0n) is 5.07. The van der Waals surface area contributed by atoms with Gasteiger partial charge in [-0.05, 0) is 0 Å². The fraction of sp³-hybridized carbons (Fsp3) is 0. The predicted octanol–water partition coefficient (Wildman–Crippen LogP) is -1.10. The Labute approximate surface area is 90.7 Å². The molecule has 0 unspecified atom stereocenters. The smallest absolute Gasteiger partial charge is 1.00 e. The van der Waals surface area contributed by atoms with E-state index in [1.54, 1.807) is 0 Å². The van der Waals surface area contributed by atoms with Crippen molar-refractivity contribution in [3.05, 3.63) is 35.1 Å². The third kappa shape index (κ3) is 4.49. The summed E-state index contributed by atoms with van der Waals surface area (Å²) < 4.78 is 12.0. The molecule has 4 heteroatoms. The van der Waals surface area contributed by atoms with E-state index in [1.807, 2.05) is 0 Å². The molecule has 0 aromatic heterocycles. The van der Waals surface area contributed by atoms with Gasteiger partial charge in [-0.2, -0.15) is 23.7 Å². The molecule has 0 bridgehead atoms. The maximum Gasteiger partial charge on any atom is 2.00 e. The predicted molar refractivity (Wildman–Crippen MR) is 36.0 cm³/mol. The van der Waals surface area contributed by atoms with E-state index in [0.29, 0.717) is 5.02 Å². The average molecular weight is 234 g/mol. The molecule has 0 aliphatic carbocycles. The Morgan fingerprint density at radius 1 is 1.40 bits per heavy atom. The minimum absolute atomic E-state index is 0. The van der Waals surface area contributed by atoms with Crippen LogP contribution in [0.25, 0.3) is 0 Å². The first-order valence-electron chi connectivity index (χ1n) is 2.12. The molecule has 0 saturated heterocycles. The van der Waals surface area contributed by atoms with Crippen LogP contribution in [0.3, 0.4) is 0 Å². The molecule has 0 radical (unpaired) electrons. The number of benzene rings is 1. The summed E-state index contributed by atoms with van der Waals surface area (Å²) in [5.74, 6) is -0.380. The molecule has 0 nitrogen and oxygen atoms in total. The van der Waals surface area contributed by atoms with Crippen molar-refractivity contribution in [2.24, 2.45) is 0 Å². The largest absolute Gasteiger partial charge is 2.00 e. The van der Waals surface area contributed by atoms with Gasteiger partial charge in [-0.15, -0.1) is 12.1 Å². The van der Waals surface area contributed by atoms with Crippen LogP contribution in [0, 0.1) is 11.9 Å². The molecule has 0 saturated carbocycles. The van der Waals surface area contributed by atoms with Gasteiger partial charge in [0, 0.05) is 5.82 Å². The van der Waals surface area contributed by atoms with Gasteiger partial charge in [-0.25, -0.2) is 4.39 Å². The molecule has 10 heavy (non-hydrogen) atoms. The summed E-state index contributed by atoms with van der Waals surface area (Å²) in [4.78, 5) is 0. The molecule has 0 heterocycles. The van der Waals surface area contributed by atoms with Gasteiger partial charge in [0.25, 0.3) is 0 Å². The van der Waals surface area contributed by atoms with E-state index in [1.165, 1.54) is 18.2 Å². The molecule has 0 aliphatic heterocycles. The van der Waals surface area contributed by atoms with Crippen LogP contribution in [0.4, 0.5) is 4.39 Å². The second-order valence-electron chi connectivity index (χ2n) is 1.35. The van der Waals surface area contributed by atoms with E-state index < -0.39 is 0 Å². The molecule has 0 spiro atoms. The second kappa shape index (κ2) is 6.40. The molecular formula is C6H3BrClFMg. The van der Waals surface area contributed by atoms with Crippen molar-refractivity contribution in [2.45, 2.75) is 0 Å². The Kier molecular flexibility index (Phi) is 8.50. The van der Waals surface area contributed by atoms with Crippen LogP contribution in [0.1, 0.15) is 0 Å². The van der Waals surface area contributed by atoms with Gasteiger partial charge in [0.2, 0.25) is 0 Å². The molecule has 50 valence electrons. The van der Waals surface area contributed by atoms with Crippen LogP contribution >= 0.6 is 11.6 Å². The summed E-state index contributed by atoms with van der Waals surface area (Å²) in [5, 5.41) is 0.506. The first-order chi connectivity index (χ1) is 3.79. The van der Waals surface area contributed by atoms with Crippen molar-refractivity contribution in [2.75, 3.05) is 0 Å². The molecule has 0 aliphatic rings. The van der Waals surface area contributed by atoms with E-state index >= 15 is 0 Å². The minimum atomic E-state index is -0.380. The zero-order chi connectivity index (χ0) is 5.98. The first-order valence-corrected chi connectivity index (χ1v) is 2.49. The van der Waals surface area contributed by atoms with Crippen molar-refractivity contribution in [1.29, 1.82) is 0 Å². The van der Waals surface area contributed by atoms with Crippen LogP contribution in [0.15, 0.2) is 18.2 Å². The number of hydrogen-bond acceptors (Lipinski definition) is 0. The molecular weight excluding hydrogens is 231 g/mol. The third-order valence-electron chi connectivity index (χ3n) is 0.737. The van der Waals surface area contributed by atoms with Crippen LogP contribution in [0.5, 0.6) is 0 Å². The fourth-order valence-corrected chi connectivity index (χ4v) is 0.504. The topological polar surface area (TPSA) is 0 Å². The Hall–Kier alpha value is 0.686. The summed E-state index contributed by atoms with van der Waals surface area (Å²) in [7, 11) is 0. The van der Waals surface area contributed by atoms with Crippen LogP contribution < -0.4 is 17.0 Å². The first kappa shape index (κ1) is 13.3. The molecule has 1 aromatic carbocycles. The van der Waals surface area contributed by atoms with Crippen LogP contribution in [0.2, 0.25) is 5.02 Å². The quantitative estimate of drug-likeness (QED) is 0.395. The standard InChI is InChI=1S/C6H3ClF.BrH.Mg/c7-5-1-3-6(8)4-2-5;;/h1-3H;1H;/q-1;;+2/p-1. The number of halogens is 3. The van der Waals surface area contributed by atoms with Gasteiger partial charge in [-0.3, -0.25) is 0 Å². The molecule has 1 rings (SSSR count). The van der Waals surface area contributed by atoms with Gasteiger partial charge in [0.1, 0.15) is 0 Å². The van der Waals surface area contributed by atoms with Crippen LogP contribution in [-0.4, -0.2) is 23.1 Å². The minimum Gasteiger partial charge on any atom is -1.00 e. The zero-order valence-corrected chi connectivity index (χ0v) is 8.83. The maximum atomic E-state index is 12.0. The number of hydrogen-bond donors (Lipinski definition) is 0. The monoisotopic (exact) mass is 232 g/mol. The van der Waals surface area contributed by atoms with Gasteiger partial charge < -0.3 is 17.0 Å². The van der Waals surface area contributed by atoms with Crippen molar-refractivity contribution in [3.8, 4) is 0 Å². The molecule has 0 N–H and O–H groups in total. The van der Waals surface area contributed by atoms with Gasteiger partial charge in [-0.1, -0.05) is 5.02 Å². The molecule has 0 fully saturated rings. The van der Waals surface area contributed by atoms with E-state index in [0.717, 1.165) is 0 Å². The normalized spacial score (nSPS) is 7.40. The van der Waals surface area contributed by atoms with Crippen molar-refractivity contribution in [1.82, 2.24) is 0 Å². The van der Waals surface area contributed by atoms with Gasteiger partial charge >= 0.3 is 23.1 Å². The summed E-state index contributed by atoms with van der Waals surface area (Å²) in [6.07, 6.45) is 0. The van der Waals surface area contributed by atoms with E-state index in [4.69, 9.17) is 11.6 Å². The summed E-state index contributed by atoms with van der Waals surface area (Å²) >= 11 is 5.41. The number of rotatable bonds is 0. The molecule has 0 amide bonds. The summed E-state index contributed by atoms with van der Waals surface area (Å²) in [5.41, 5.74) is 0.